The van der Waals surface area contributed by atoms with Gasteiger partial charge in [-0.1, -0.05) is 6.92 Å². The molecule has 0 spiro atoms. The Kier molecular flexibility index (Phi) is 3.95. The van der Waals surface area contributed by atoms with Crippen LogP contribution in [0.2, 0.25) is 0 Å². The van der Waals surface area contributed by atoms with Gasteiger partial charge in [0.05, 0.1) is 5.41 Å². The fraction of sp³-hybridized carbons (Fsp3) is 0.875. The molecule has 2 saturated heterocycles. The number of nitrogens with two attached hydrogens (primary N) is 1. The van der Waals surface area contributed by atoms with Crippen molar-refractivity contribution in [1.29, 1.82) is 0 Å². The zero-order valence-electron chi connectivity index (χ0n) is 13.0. The highest BCUT2D eigenvalue weighted by Crippen LogP contribution is 2.40. The van der Waals surface area contributed by atoms with Gasteiger partial charge in [0.2, 0.25) is 11.8 Å². The van der Waals surface area contributed by atoms with Crippen LogP contribution in [0.4, 0.5) is 0 Å². The van der Waals surface area contributed by atoms with E-state index in [1.54, 1.807) is 0 Å². The van der Waals surface area contributed by atoms with Crippen molar-refractivity contribution in [2.45, 2.75) is 51.5 Å². The summed E-state index contributed by atoms with van der Waals surface area (Å²) in [6.45, 7) is 4.81. The van der Waals surface area contributed by atoms with Gasteiger partial charge < -0.3 is 15.5 Å². The largest absolute Gasteiger partial charge is 0.338 e. The molecule has 1 aliphatic carbocycles. The van der Waals surface area contributed by atoms with Crippen molar-refractivity contribution in [2.24, 2.45) is 17.1 Å². The first-order valence-corrected chi connectivity index (χ1v) is 8.35. The molecule has 118 valence electrons. The Labute approximate surface area is 126 Å². The normalized spacial score (nSPS) is 36.8. The second kappa shape index (κ2) is 5.59. The van der Waals surface area contributed by atoms with E-state index < -0.39 is 0 Å². The maximum absolute atomic E-state index is 13.0. The molecule has 0 aromatic carbocycles. The molecule has 0 aromatic rings. The summed E-state index contributed by atoms with van der Waals surface area (Å²) in [5, 5.41) is 0. The number of hydrogen-bond acceptors (Lipinski definition) is 3. The number of hydrogen-bond donors (Lipinski definition) is 1. The third kappa shape index (κ3) is 2.56. The Morgan fingerprint density at radius 2 is 2.00 bits per heavy atom. The summed E-state index contributed by atoms with van der Waals surface area (Å²) in [6.07, 6.45) is 5.60. The molecule has 0 radical (unpaired) electrons. The van der Waals surface area contributed by atoms with Gasteiger partial charge in [-0.05, 0) is 38.0 Å². The van der Waals surface area contributed by atoms with E-state index in [0.717, 1.165) is 32.1 Å². The van der Waals surface area contributed by atoms with Crippen molar-refractivity contribution in [3.8, 4) is 0 Å². The van der Waals surface area contributed by atoms with Gasteiger partial charge in [-0.3, -0.25) is 9.59 Å². The van der Waals surface area contributed by atoms with Crippen LogP contribution >= 0.6 is 0 Å². The topological polar surface area (TPSA) is 66.6 Å². The lowest BCUT2D eigenvalue weighted by molar-refractivity contribution is -0.149. The van der Waals surface area contributed by atoms with E-state index in [9.17, 15) is 9.59 Å². The minimum absolute atomic E-state index is 0.243. The predicted octanol–water partition coefficient (Wildman–Crippen LogP) is 0.975. The van der Waals surface area contributed by atoms with E-state index in [1.807, 2.05) is 9.80 Å². The third-order valence-corrected chi connectivity index (χ3v) is 5.86. The minimum atomic E-state index is -0.336. The quantitative estimate of drug-likeness (QED) is 0.825. The van der Waals surface area contributed by atoms with Crippen LogP contribution < -0.4 is 5.73 Å². The molecule has 5 heteroatoms. The molecule has 2 aliphatic heterocycles. The fourth-order valence-corrected chi connectivity index (χ4v) is 4.20. The van der Waals surface area contributed by atoms with Crippen molar-refractivity contribution < 1.29 is 9.59 Å². The van der Waals surface area contributed by atoms with Gasteiger partial charge in [0.15, 0.2) is 0 Å². The standard InChI is InChI=1S/C16H27N3O2/c1-12-4-6-16(11-17,7-5-12)15(21)18-8-9-19-13(10-18)2-3-14(19)20/h12-13H,2-11,17H2,1H3. The number of carbonyl (C=O) groups is 2. The summed E-state index contributed by atoms with van der Waals surface area (Å²) in [5.74, 6) is 1.21. The van der Waals surface area contributed by atoms with Crippen LogP contribution in [0.1, 0.15) is 45.4 Å². The van der Waals surface area contributed by atoms with Crippen molar-refractivity contribution in [3.63, 3.8) is 0 Å². The lowest BCUT2D eigenvalue weighted by Gasteiger charge is -2.44. The summed E-state index contributed by atoms with van der Waals surface area (Å²) in [4.78, 5) is 28.7. The van der Waals surface area contributed by atoms with Gasteiger partial charge in [0.1, 0.15) is 0 Å². The van der Waals surface area contributed by atoms with Crippen molar-refractivity contribution in [2.75, 3.05) is 26.2 Å². The highest BCUT2D eigenvalue weighted by atomic mass is 16.2. The van der Waals surface area contributed by atoms with Gasteiger partial charge in [-0.15, -0.1) is 0 Å². The van der Waals surface area contributed by atoms with Crippen LogP contribution in [0.5, 0.6) is 0 Å². The zero-order chi connectivity index (χ0) is 15.0. The molecule has 5 nitrogen and oxygen atoms in total. The number of amides is 2. The Bertz CT molecular complexity index is 429. The van der Waals surface area contributed by atoms with Crippen molar-refractivity contribution >= 4 is 11.8 Å². The van der Waals surface area contributed by atoms with E-state index in [1.165, 1.54) is 0 Å². The Morgan fingerprint density at radius 3 is 2.67 bits per heavy atom. The molecule has 0 aromatic heterocycles. The predicted molar refractivity (Wildman–Crippen MR) is 80.4 cm³/mol. The van der Waals surface area contributed by atoms with E-state index in [2.05, 4.69) is 6.92 Å². The molecule has 0 bridgehead atoms. The first-order chi connectivity index (χ1) is 10.1. The lowest BCUT2D eigenvalue weighted by Crippen LogP contribution is -2.58. The second-order valence-electron chi connectivity index (χ2n) is 7.20. The van der Waals surface area contributed by atoms with Crippen LogP contribution in [-0.2, 0) is 9.59 Å². The summed E-state index contributed by atoms with van der Waals surface area (Å²) in [5.41, 5.74) is 5.67. The van der Waals surface area contributed by atoms with E-state index in [-0.39, 0.29) is 23.3 Å². The number of piperazine rings is 1. The average molecular weight is 293 g/mol. The second-order valence-corrected chi connectivity index (χ2v) is 7.20. The molecule has 3 fully saturated rings. The lowest BCUT2D eigenvalue weighted by atomic mass is 9.70. The van der Waals surface area contributed by atoms with Crippen LogP contribution in [0.25, 0.3) is 0 Å². The fourth-order valence-electron chi connectivity index (χ4n) is 4.20. The summed E-state index contributed by atoms with van der Waals surface area (Å²) >= 11 is 0. The molecule has 21 heavy (non-hydrogen) atoms. The van der Waals surface area contributed by atoms with Crippen molar-refractivity contribution in [3.05, 3.63) is 0 Å². The van der Waals surface area contributed by atoms with Crippen LogP contribution in [0.15, 0.2) is 0 Å². The van der Waals surface area contributed by atoms with Gasteiger partial charge >= 0.3 is 0 Å². The first-order valence-electron chi connectivity index (χ1n) is 8.35. The maximum Gasteiger partial charge on any atom is 0.230 e. The number of fused-ring (bicyclic) bond motifs is 1. The van der Waals surface area contributed by atoms with Crippen LogP contribution in [0, 0.1) is 11.3 Å². The number of nitrogens with zero attached hydrogens (tertiary/aromatic N) is 2. The SMILES string of the molecule is CC1CCC(CN)(C(=O)N2CCN3C(=O)CCC3C2)CC1. The van der Waals surface area contributed by atoms with Gasteiger partial charge in [0, 0.05) is 38.6 Å². The number of rotatable bonds is 2. The monoisotopic (exact) mass is 293 g/mol. The number of carbonyl (C=O) groups excluding carboxylic acids is 2. The highest BCUT2D eigenvalue weighted by Gasteiger charge is 2.45. The van der Waals surface area contributed by atoms with E-state index in [0.29, 0.717) is 38.5 Å². The van der Waals surface area contributed by atoms with Gasteiger partial charge in [0.25, 0.3) is 0 Å². The third-order valence-electron chi connectivity index (χ3n) is 5.86. The summed E-state index contributed by atoms with van der Waals surface area (Å²) in [6, 6.07) is 0.243. The average Bonchev–Trinajstić information content (AvgIpc) is 2.89. The van der Waals surface area contributed by atoms with Gasteiger partial charge in [-0.25, -0.2) is 0 Å². The molecule has 2 heterocycles. The molecule has 1 saturated carbocycles. The van der Waals surface area contributed by atoms with E-state index >= 15 is 0 Å². The maximum atomic E-state index is 13.0. The minimum Gasteiger partial charge on any atom is -0.338 e. The molecule has 1 unspecified atom stereocenters. The molecule has 1 atom stereocenters. The Hall–Kier alpha value is -1.10. The van der Waals surface area contributed by atoms with Gasteiger partial charge in [-0.2, -0.15) is 0 Å². The Balaban J connectivity index is 1.68. The molecule has 2 amide bonds. The van der Waals surface area contributed by atoms with Crippen LogP contribution in [0.3, 0.4) is 0 Å². The highest BCUT2D eigenvalue weighted by molar-refractivity contribution is 5.84. The van der Waals surface area contributed by atoms with Crippen molar-refractivity contribution in [1.82, 2.24) is 9.80 Å². The molecular formula is C16H27N3O2. The summed E-state index contributed by atoms with van der Waals surface area (Å²) < 4.78 is 0. The van der Waals surface area contributed by atoms with Crippen LogP contribution in [-0.4, -0.2) is 53.8 Å². The molecule has 3 aliphatic rings. The molecule has 3 rings (SSSR count). The first kappa shape index (κ1) is 14.8. The smallest absolute Gasteiger partial charge is 0.230 e. The molecule has 2 N–H and O–H groups in total. The Morgan fingerprint density at radius 1 is 1.29 bits per heavy atom. The van der Waals surface area contributed by atoms with E-state index in [4.69, 9.17) is 5.73 Å². The zero-order valence-corrected chi connectivity index (χ0v) is 13.0. The molecular weight excluding hydrogens is 266 g/mol. The summed E-state index contributed by atoms with van der Waals surface area (Å²) in [7, 11) is 0.